The van der Waals surface area contributed by atoms with Crippen molar-refractivity contribution in [3.05, 3.63) is 59.8 Å². The summed E-state index contributed by atoms with van der Waals surface area (Å²) >= 11 is 0. The number of likely N-dealkylation sites (tertiary alicyclic amines) is 1. The highest BCUT2D eigenvalue weighted by Gasteiger charge is 2.25. The summed E-state index contributed by atoms with van der Waals surface area (Å²) in [7, 11) is 1.62. The standard InChI is InChI=1S/C22H24N4O3/c1-29-17-10-8-16(9-11-17)14-23-20(27)15-26-19-7-3-2-6-18(19)21(24-26)22(28)25-12-4-5-13-25/h2-3,6-11H,4-5,12-15H2,1H3,(H,23,27). The van der Waals surface area contributed by atoms with Crippen LogP contribution in [0.15, 0.2) is 48.5 Å². The van der Waals surface area contributed by atoms with Crippen LogP contribution in [0, 0.1) is 0 Å². The minimum Gasteiger partial charge on any atom is -0.497 e. The number of nitrogens with one attached hydrogen (secondary N) is 1. The number of carbonyl (C=O) groups is 2. The number of benzene rings is 2. The first-order valence-electron chi connectivity index (χ1n) is 9.80. The van der Waals surface area contributed by atoms with Crippen LogP contribution in [0.3, 0.4) is 0 Å². The second-order valence-corrected chi connectivity index (χ2v) is 7.15. The highest BCUT2D eigenvalue weighted by Crippen LogP contribution is 2.21. The number of hydrogen-bond acceptors (Lipinski definition) is 4. The van der Waals surface area contributed by atoms with Gasteiger partial charge in [0.2, 0.25) is 5.91 Å². The molecule has 2 heterocycles. The van der Waals surface area contributed by atoms with Crippen LogP contribution in [-0.4, -0.2) is 46.7 Å². The smallest absolute Gasteiger partial charge is 0.275 e. The largest absolute Gasteiger partial charge is 0.497 e. The highest BCUT2D eigenvalue weighted by molar-refractivity contribution is 6.05. The predicted octanol–water partition coefficient (Wildman–Crippen LogP) is 2.60. The third-order valence-electron chi connectivity index (χ3n) is 5.20. The molecule has 0 radical (unpaired) electrons. The van der Waals surface area contributed by atoms with Crippen LogP contribution in [0.5, 0.6) is 5.75 Å². The lowest BCUT2D eigenvalue weighted by Crippen LogP contribution is -2.29. The van der Waals surface area contributed by atoms with Gasteiger partial charge in [0, 0.05) is 25.0 Å². The zero-order valence-electron chi connectivity index (χ0n) is 16.4. The van der Waals surface area contributed by atoms with Crippen molar-refractivity contribution in [3.63, 3.8) is 0 Å². The number of hydrogen-bond donors (Lipinski definition) is 1. The lowest BCUT2D eigenvalue weighted by Gasteiger charge is -2.13. The second-order valence-electron chi connectivity index (χ2n) is 7.15. The van der Waals surface area contributed by atoms with E-state index in [-0.39, 0.29) is 18.4 Å². The summed E-state index contributed by atoms with van der Waals surface area (Å²) in [5, 5.41) is 8.19. The van der Waals surface area contributed by atoms with Crippen LogP contribution in [0.4, 0.5) is 0 Å². The van der Waals surface area contributed by atoms with Gasteiger partial charge in [0.05, 0.1) is 12.6 Å². The number of methoxy groups -OCH3 is 1. The zero-order chi connectivity index (χ0) is 20.2. The SMILES string of the molecule is COc1ccc(CNC(=O)Cn2nc(C(=O)N3CCCC3)c3ccccc32)cc1. The van der Waals surface area contributed by atoms with Crippen molar-refractivity contribution in [3.8, 4) is 5.75 Å². The summed E-state index contributed by atoms with van der Waals surface area (Å²) in [5.74, 6) is 0.559. The molecule has 1 N–H and O–H groups in total. The van der Waals surface area contributed by atoms with Gasteiger partial charge < -0.3 is 15.0 Å². The van der Waals surface area contributed by atoms with Crippen molar-refractivity contribution < 1.29 is 14.3 Å². The molecule has 3 aromatic rings. The predicted molar refractivity (Wildman–Crippen MR) is 110 cm³/mol. The maximum absolute atomic E-state index is 12.9. The molecule has 1 aromatic heterocycles. The molecular weight excluding hydrogens is 368 g/mol. The number of para-hydroxylation sites is 1. The third-order valence-corrected chi connectivity index (χ3v) is 5.20. The van der Waals surface area contributed by atoms with Crippen LogP contribution in [0.1, 0.15) is 28.9 Å². The minimum absolute atomic E-state index is 0.0592. The van der Waals surface area contributed by atoms with Gasteiger partial charge >= 0.3 is 0 Å². The van der Waals surface area contributed by atoms with Crippen LogP contribution in [0.25, 0.3) is 10.9 Å². The molecule has 0 unspecified atom stereocenters. The minimum atomic E-state index is -0.158. The van der Waals surface area contributed by atoms with Gasteiger partial charge in [-0.15, -0.1) is 0 Å². The Morgan fingerprint density at radius 1 is 1.07 bits per heavy atom. The van der Waals surface area contributed by atoms with E-state index in [1.165, 1.54) is 0 Å². The van der Waals surface area contributed by atoms with E-state index in [0.29, 0.717) is 12.2 Å². The van der Waals surface area contributed by atoms with E-state index in [9.17, 15) is 9.59 Å². The van der Waals surface area contributed by atoms with Crippen molar-refractivity contribution in [2.45, 2.75) is 25.9 Å². The number of amides is 2. The summed E-state index contributed by atoms with van der Waals surface area (Å²) in [6.45, 7) is 2.01. The number of fused-ring (bicyclic) bond motifs is 1. The molecule has 4 rings (SSSR count). The Balaban J connectivity index is 1.48. The molecule has 150 valence electrons. The number of carbonyl (C=O) groups excluding carboxylic acids is 2. The fourth-order valence-corrected chi connectivity index (χ4v) is 3.61. The van der Waals surface area contributed by atoms with Crippen LogP contribution >= 0.6 is 0 Å². The molecular formula is C22H24N4O3. The van der Waals surface area contributed by atoms with Crippen LogP contribution in [-0.2, 0) is 17.9 Å². The Morgan fingerprint density at radius 3 is 2.52 bits per heavy atom. The van der Waals surface area contributed by atoms with Gasteiger partial charge in [-0.3, -0.25) is 14.3 Å². The summed E-state index contributed by atoms with van der Waals surface area (Å²) < 4.78 is 6.76. The average Bonchev–Trinajstić information content (AvgIpc) is 3.41. The number of ether oxygens (including phenoxy) is 1. The molecule has 0 spiro atoms. The van der Waals surface area contributed by atoms with Crippen LogP contribution < -0.4 is 10.1 Å². The summed E-state index contributed by atoms with van der Waals surface area (Å²) in [6.07, 6.45) is 2.05. The van der Waals surface area contributed by atoms with E-state index >= 15 is 0 Å². The molecule has 1 aliphatic heterocycles. The molecule has 0 saturated carbocycles. The van der Waals surface area contributed by atoms with Gasteiger partial charge in [0.25, 0.3) is 5.91 Å². The topological polar surface area (TPSA) is 76.5 Å². The summed E-state index contributed by atoms with van der Waals surface area (Å²) in [4.78, 5) is 27.2. The van der Waals surface area contributed by atoms with E-state index in [2.05, 4.69) is 10.4 Å². The number of rotatable bonds is 6. The molecule has 0 atom stereocenters. The van der Waals surface area contributed by atoms with Gasteiger partial charge in [-0.2, -0.15) is 5.10 Å². The van der Waals surface area contributed by atoms with E-state index < -0.39 is 0 Å². The number of aromatic nitrogens is 2. The van der Waals surface area contributed by atoms with E-state index in [1.54, 1.807) is 11.8 Å². The average molecular weight is 392 g/mol. The molecule has 1 aliphatic rings. The quantitative estimate of drug-likeness (QED) is 0.700. The summed E-state index contributed by atoms with van der Waals surface area (Å²) in [5.41, 5.74) is 2.19. The van der Waals surface area contributed by atoms with Crippen molar-refractivity contribution in [1.82, 2.24) is 20.0 Å². The molecule has 1 saturated heterocycles. The first kappa shape index (κ1) is 19.0. The third kappa shape index (κ3) is 4.08. The molecule has 7 nitrogen and oxygen atoms in total. The number of nitrogens with zero attached hydrogens (tertiary/aromatic N) is 3. The fraction of sp³-hybridized carbons (Fsp3) is 0.318. The molecule has 2 amide bonds. The molecule has 0 bridgehead atoms. The van der Waals surface area contributed by atoms with Gasteiger partial charge in [-0.1, -0.05) is 30.3 Å². The molecule has 7 heteroatoms. The molecule has 0 aliphatic carbocycles. The Bertz CT molecular complexity index is 1020. The fourth-order valence-electron chi connectivity index (χ4n) is 3.61. The van der Waals surface area contributed by atoms with Gasteiger partial charge in [-0.25, -0.2) is 0 Å². The lowest BCUT2D eigenvalue weighted by molar-refractivity contribution is -0.121. The molecule has 1 fully saturated rings. The van der Waals surface area contributed by atoms with E-state index in [4.69, 9.17) is 4.74 Å². The van der Waals surface area contributed by atoms with Gasteiger partial charge in [0.15, 0.2) is 5.69 Å². The van der Waals surface area contributed by atoms with E-state index in [1.807, 2.05) is 53.4 Å². The van der Waals surface area contributed by atoms with Crippen molar-refractivity contribution in [2.24, 2.45) is 0 Å². The zero-order valence-corrected chi connectivity index (χ0v) is 16.4. The Labute approximate surface area is 169 Å². The van der Waals surface area contributed by atoms with Crippen molar-refractivity contribution >= 4 is 22.7 Å². The first-order valence-corrected chi connectivity index (χ1v) is 9.80. The lowest BCUT2D eigenvalue weighted by atomic mass is 10.2. The maximum Gasteiger partial charge on any atom is 0.275 e. The monoisotopic (exact) mass is 392 g/mol. The normalized spacial score (nSPS) is 13.6. The second kappa shape index (κ2) is 8.34. The highest BCUT2D eigenvalue weighted by atomic mass is 16.5. The van der Waals surface area contributed by atoms with Gasteiger partial charge in [0.1, 0.15) is 12.3 Å². The van der Waals surface area contributed by atoms with Crippen molar-refractivity contribution in [2.75, 3.05) is 20.2 Å². The Kier molecular flexibility index (Phi) is 5.46. The first-order chi connectivity index (χ1) is 14.2. The Morgan fingerprint density at radius 2 is 1.79 bits per heavy atom. The Hall–Kier alpha value is -3.35. The van der Waals surface area contributed by atoms with Gasteiger partial charge in [-0.05, 0) is 36.6 Å². The molecule has 29 heavy (non-hydrogen) atoms. The maximum atomic E-state index is 12.9. The summed E-state index contributed by atoms with van der Waals surface area (Å²) in [6, 6.07) is 15.1. The van der Waals surface area contributed by atoms with E-state index in [0.717, 1.165) is 48.1 Å². The van der Waals surface area contributed by atoms with Crippen LogP contribution in [0.2, 0.25) is 0 Å². The molecule has 2 aromatic carbocycles. The van der Waals surface area contributed by atoms with Crippen molar-refractivity contribution in [1.29, 1.82) is 0 Å².